The number of anilines is 1. The van der Waals surface area contributed by atoms with Crippen LogP contribution in [0.4, 0.5) is 5.69 Å². The molecule has 0 saturated heterocycles. The molecular weight excluding hydrogens is 228 g/mol. The number of oxime groups is 1. The van der Waals surface area contributed by atoms with Crippen LogP contribution < -0.4 is 4.90 Å². The van der Waals surface area contributed by atoms with Crippen LogP contribution in [0, 0.1) is 5.92 Å². The predicted molar refractivity (Wildman–Crippen MR) is 71.2 cm³/mol. The van der Waals surface area contributed by atoms with Crippen molar-refractivity contribution in [3.63, 3.8) is 0 Å². The SMILES string of the molecule is CC(C)C(=O)N1CCC/C(=N/O)c2ccccc21. The number of benzene rings is 1. The molecule has 0 atom stereocenters. The Kier molecular flexibility index (Phi) is 3.65. The fourth-order valence-electron chi connectivity index (χ4n) is 2.26. The van der Waals surface area contributed by atoms with Crippen molar-refractivity contribution in [1.82, 2.24) is 0 Å². The molecule has 0 aromatic heterocycles. The molecule has 1 aliphatic heterocycles. The van der Waals surface area contributed by atoms with E-state index in [1.54, 1.807) is 4.90 Å². The first kappa shape index (κ1) is 12.6. The van der Waals surface area contributed by atoms with Crippen LogP contribution in [-0.4, -0.2) is 23.4 Å². The number of para-hydroxylation sites is 1. The Balaban J connectivity index is 2.49. The van der Waals surface area contributed by atoms with Gasteiger partial charge in [-0.3, -0.25) is 4.79 Å². The minimum Gasteiger partial charge on any atom is -0.411 e. The van der Waals surface area contributed by atoms with Gasteiger partial charge in [0.15, 0.2) is 0 Å². The summed E-state index contributed by atoms with van der Waals surface area (Å²) < 4.78 is 0. The van der Waals surface area contributed by atoms with Gasteiger partial charge in [0.25, 0.3) is 0 Å². The molecule has 1 heterocycles. The maximum atomic E-state index is 12.2. The monoisotopic (exact) mass is 246 g/mol. The zero-order chi connectivity index (χ0) is 13.1. The van der Waals surface area contributed by atoms with E-state index < -0.39 is 0 Å². The topological polar surface area (TPSA) is 52.9 Å². The van der Waals surface area contributed by atoms with E-state index >= 15 is 0 Å². The van der Waals surface area contributed by atoms with Gasteiger partial charge in [0.05, 0.1) is 11.4 Å². The van der Waals surface area contributed by atoms with Crippen LogP contribution in [0.25, 0.3) is 0 Å². The van der Waals surface area contributed by atoms with Gasteiger partial charge in [-0.1, -0.05) is 37.2 Å². The average molecular weight is 246 g/mol. The van der Waals surface area contributed by atoms with Crippen molar-refractivity contribution < 1.29 is 10.0 Å². The average Bonchev–Trinajstić information content (AvgIpc) is 2.56. The summed E-state index contributed by atoms with van der Waals surface area (Å²) in [6, 6.07) is 7.61. The van der Waals surface area contributed by atoms with Crippen molar-refractivity contribution in [2.24, 2.45) is 11.1 Å². The first-order valence-corrected chi connectivity index (χ1v) is 6.27. The molecule has 96 valence electrons. The van der Waals surface area contributed by atoms with E-state index in [0.717, 1.165) is 17.7 Å². The Morgan fingerprint density at radius 3 is 2.78 bits per heavy atom. The van der Waals surface area contributed by atoms with Crippen molar-refractivity contribution in [2.75, 3.05) is 11.4 Å². The van der Waals surface area contributed by atoms with Crippen molar-refractivity contribution >= 4 is 17.3 Å². The van der Waals surface area contributed by atoms with Gasteiger partial charge in [0.2, 0.25) is 5.91 Å². The molecule has 0 fully saturated rings. The summed E-state index contributed by atoms with van der Waals surface area (Å²) in [5.41, 5.74) is 2.36. The maximum absolute atomic E-state index is 12.2. The molecule has 1 N–H and O–H groups in total. The molecule has 18 heavy (non-hydrogen) atoms. The number of rotatable bonds is 1. The van der Waals surface area contributed by atoms with Gasteiger partial charge in [0.1, 0.15) is 0 Å². The quantitative estimate of drug-likeness (QED) is 0.611. The highest BCUT2D eigenvalue weighted by atomic mass is 16.4. The van der Waals surface area contributed by atoms with Crippen molar-refractivity contribution in [3.8, 4) is 0 Å². The van der Waals surface area contributed by atoms with E-state index in [0.29, 0.717) is 18.7 Å². The van der Waals surface area contributed by atoms with E-state index in [2.05, 4.69) is 5.16 Å². The lowest BCUT2D eigenvalue weighted by Crippen LogP contribution is -2.35. The zero-order valence-corrected chi connectivity index (χ0v) is 10.8. The third-order valence-electron chi connectivity index (χ3n) is 3.18. The number of hydrogen-bond donors (Lipinski definition) is 1. The van der Waals surface area contributed by atoms with Crippen molar-refractivity contribution in [3.05, 3.63) is 29.8 Å². The summed E-state index contributed by atoms with van der Waals surface area (Å²) >= 11 is 0. The van der Waals surface area contributed by atoms with Gasteiger partial charge in [-0.25, -0.2) is 0 Å². The van der Waals surface area contributed by atoms with E-state index in [1.165, 1.54) is 0 Å². The lowest BCUT2D eigenvalue weighted by atomic mass is 10.1. The van der Waals surface area contributed by atoms with Gasteiger partial charge in [-0.15, -0.1) is 0 Å². The Bertz CT molecular complexity index is 480. The number of nitrogens with zero attached hydrogens (tertiary/aromatic N) is 2. The van der Waals surface area contributed by atoms with Crippen LogP contribution >= 0.6 is 0 Å². The van der Waals surface area contributed by atoms with Crippen LogP contribution in [0.15, 0.2) is 29.4 Å². The first-order valence-electron chi connectivity index (χ1n) is 6.27. The third kappa shape index (κ3) is 2.23. The molecule has 0 radical (unpaired) electrons. The molecule has 2 rings (SSSR count). The summed E-state index contributed by atoms with van der Waals surface area (Å²) in [5.74, 6) is 0.0762. The van der Waals surface area contributed by atoms with Gasteiger partial charge in [0, 0.05) is 18.0 Å². The van der Waals surface area contributed by atoms with Crippen molar-refractivity contribution in [1.29, 1.82) is 0 Å². The summed E-state index contributed by atoms with van der Waals surface area (Å²) in [4.78, 5) is 14.0. The summed E-state index contributed by atoms with van der Waals surface area (Å²) in [7, 11) is 0. The van der Waals surface area contributed by atoms with Crippen LogP contribution in [0.2, 0.25) is 0 Å². The molecule has 0 saturated carbocycles. The maximum Gasteiger partial charge on any atom is 0.229 e. The second-order valence-corrected chi connectivity index (χ2v) is 4.81. The molecule has 0 spiro atoms. The van der Waals surface area contributed by atoms with Crippen LogP contribution in [-0.2, 0) is 4.79 Å². The fraction of sp³-hybridized carbons (Fsp3) is 0.429. The highest BCUT2D eigenvalue weighted by molar-refractivity contribution is 6.09. The van der Waals surface area contributed by atoms with Crippen molar-refractivity contribution in [2.45, 2.75) is 26.7 Å². The molecule has 1 aliphatic rings. The molecule has 0 bridgehead atoms. The second kappa shape index (κ2) is 5.21. The Labute approximate surface area is 107 Å². The minimum absolute atomic E-state index is 0.0364. The van der Waals surface area contributed by atoms with Crippen LogP contribution in [0.5, 0.6) is 0 Å². The van der Waals surface area contributed by atoms with E-state index in [4.69, 9.17) is 5.21 Å². The zero-order valence-electron chi connectivity index (χ0n) is 10.8. The van der Waals surface area contributed by atoms with Gasteiger partial charge < -0.3 is 10.1 Å². The molecule has 4 heteroatoms. The van der Waals surface area contributed by atoms with E-state index in [9.17, 15) is 4.79 Å². The number of fused-ring (bicyclic) bond motifs is 1. The molecule has 0 aliphatic carbocycles. The number of carbonyl (C=O) groups is 1. The molecule has 4 nitrogen and oxygen atoms in total. The Hall–Kier alpha value is -1.84. The smallest absolute Gasteiger partial charge is 0.229 e. The second-order valence-electron chi connectivity index (χ2n) is 4.81. The lowest BCUT2D eigenvalue weighted by Gasteiger charge is -2.24. The summed E-state index contributed by atoms with van der Waals surface area (Å²) in [6.45, 7) is 4.47. The molecule has 1 amide bonds. The summed E-state index contributed by atoms with van der Waals surface area (Å²) in [5, 5.41) is 12.4. The molecule has 1 aromatic carbocycles. The molecular formula is C14H18N2O2. The Morgan fingerprint density at radius 2 is 2.11 bits per heavy atom. The van der Waals surface area contributed by atoms with Crippen LogP contribution in [0.1, 0.15) is 32.3 Å². The number of hydrogen-bond acceptors (Lipinski definition) is 3. The first-order chi connectivity index (χ1) is 8.65. The van der Waals surface area contributed by atoms with E-state index in [-0.39, 0.29) is 11.8 Å². The lowest BCUT2D eigenvalue weighted by molar-refractivity contribution is -0.121. The number of carbonyl (C=O) groups excluding carboxylic acids is 1. The van der Waals surface area contributed by atoms with Gasteiger partial charge in [-0.2, -0.15) is 0 Å². The number of amides is 1. The minimum atomic E-state index is -0.0364. The molecule has 1 aromatic rings. The van der Waals surface area contributed by atoms with Crippen LogP contribution in [0.3, 0.4) is 0 Å². The van der Waals surface area contributed by atoms with Gasteiger partial charge in [-0.05, 0) is 18.9 Å². The predicted octanol–water partition coefficient (Wildman–Crippen LogP) is 2.65. The third-order valence-corrected chi connectivity index (χ3v) is 3.18. The Morgan fingerprint density at radius 1 is 1.39 bits per heavy atom. The normalized spacial score (nSPS) is 17.7. The van der Waals surface area contributed by atoms with Gasteiger partial charge >= 0.3 is 0 Å². The largest absolute Gasteiger partial charge is 0.411 e. The molecule has 0 unspecified atom stereocenters. The highest BCUT2D eigenvalue weighted by Gasteiger charge is 2.25. The standard InChI is InChI=1S/C14H18N2O2/c1-10(2)14(17)16-9-5-7-12(15-18)11-6-3-4-8-13(11)16/h3-4,6,8,10,18H,5,7,9H2,1-2H3/b15-12-. The summed E-state index contributed by atoms with van der Waals surface area (Å²) in [6.07, 6.45) is 1.50. The highest BCUT2D eigenvalue weighted by Crippen LogP contribution is 2.27. The fourth-order valence-corrected chi connectivity index (χ4v) is 2.26. The van der Waals surface area contributed by atoms with E-state index in [1.807, 2.05) is 38.1 Å².